The lowest BCUT2D eigenvalue weighted by molar-refractivity contribution is -0.115. The number of hydrogen-bond acceptors (Lipinski definition) is 4. The van der Waals surface area contributed by atoms with E-state index in [1.54, 1.807) is 6.08 Å². The summed E-state index contributed by atoms with van der Waals surface area (Å²) in [5.41, 5.74) is 0.789. The molecule has 0 spiro atoms. The van der Waals surface area contributed by atoms with E-state index in [0.717, 1.165) is 14.5 Å². The van der Waals surface area contributed by atoms with Gasteiger partial charge in [-0.15, -0.1) is 0 Å². The van der Waals surface area contributed by atoms with Crippen LogP contribution in [-0.2, 0) is 4.79 Å². The largest absolute Gasteiger partial charge is 0.456 e. The molecule has 23 heavy (non-hydrogen) atoms. The number of ether oxygens (including phenoxy) is 1. The van der Waals surface area contributed by atoms with Crippen molar-refractivity contribution < 1.29 is 9.53 Å². The Hall–Kier alpha value is -1.15. The second kappa shape index (κ2) is 7.17. The summed E-state index contributed by atoms with van der Waals surface area (Å²) in [5.74, 6) is 1.17. The zero-order valence-corrected chi connectivity index (χ0v) is 16.3. The van der Waals surface area contributed by atoms with E-state index in [9.17, 15) is 4.79 Å². The number of hydrogen-bond donors (Lipinski definition) is 1. The van der Waals surface area contributed by atoms with Gasteiger partial charge in [0.25, 0.3) is 5.91 Å². The summed E-state index contributed by atoms with van der Waals surface area (Å²) < 4.78 is 8.20. The van der Waals surface area contributed by atoms with E-state index >= 15 is 0 Å². The average molecular weight is 471 g/mol. The van der Waals surface area contributed by atoms with Crippen LogP contribution in [0.3, 0.4) is 0 Å². The highest BCUT2D eigenvalue weighted by molar-refractivity contribution is 9.10. The van der Waals surface area contributed by atoms with Gasteiger partial charge in [0, 0.05) is 10.0 Å². The van der Waals surface area contributed by atoms with Gasteiger partial charge < -0.3 is 10.1 Å². The van der Waals surface area contributed by atoms with Crippen molar-refractivity contribution in [2.75, 3.05) is 0 Å². The molecule has 1 aliphatic rings. The lowest BCUT2D eigenvalue weighted by Gasteiger charge is -2.11. The molecule has 0 atom stereocenters. The summed E-state index contributed by atoms with van der Waals surface area (Å²) in [5, 5.41) is 2.61. The fourth-order valence-corrected chi connectivity index (χ4v) is 3.71. The quantitative estimate of drug-likeness (QED) is 0.475. The Bertz CT molecular complexity index is 837. The molecule has 116 valence electrons. The van der Waals surface area contributed by atoms with Gasteiger partial charge in [-0.3, -0.25) is 4.79 Å². The number of halogens is 2. The molecule has 7 heteroatoms. The normalized spacial score (nSPS) is 15.8. The number of rotatable bonds is 3. The predicted molar refractivity (Wildman–Crippen MR) is 105 cm³/mol. The van der Waals surface area contributed by atoms with E-state index in [1.165, 1.54) is 11.8 Å². The molecule has 1 aliphatic heterocycles. The van der Waals surface area contributed by atoms with Gasteiger partial charge >= 0.3 is 0 Å². The van der Waals surface area contributed by atoms with Crippen molar-refractivity contribution in [3.63, 3.8) is 0 Å². The second-order valence-corrected chi connectivity index (χ2v) is 8.06. The summed E-state index contributed by atoms with van der Waals surface area (Å²) in [6, 6.07) is 13.2. The van der Waals surface area contributed by atoms with E-state index < -0.39 is 0 Å². The number of carbonyl (C=O) groups is 1. The highest BCUT2D eigenvalue weighted by Crippen LogP contribution is 2.35. The Morgan fingerprint density at radius 2 is 1.91 bits per heavy atom. The van der Waals surface area contributed by atoms with Crippen LogP contribution >= 0.6 is 55.8 Å². The minimum atomic E-state index is -0.188. The predicted octanol–water partition coefficient (Wildman–Crippen LogP) is 5.49. The molecule has 1 heterocycles. The summed E-state index contributed by atoms with van der Waals surface area (Å²) in [4.78, 5) is 12.4. The lowest BCUT2D eigenvalue weighted by atomic mass is 10.2. The van der Waals surface area contributed by atoms with Gasteiger partial charge in [0.05, 0.1) is 9.38 Å². The molecule has 0 bridgehead atoms. The molecule has 0 aliphatic carbocycles. The van der Waals surface area contributed by atoms with E-state index in [2.05, 4.69) is 37.2 Å². The first-order valence-corrected chi connectivity index (χ1v) is 9.31. The SMILES string of the molecule is O=C1NC(=S)SC1=Cc1cc(Br)ccc1Oc1ccccc1Br. The first-order chi connectivity index (χ1) is 11.0. The smallest absolute Gasteiger partial charge is 0.263 e. The first kappa shape index (κ1) is 16.7. The van der Waals surface area contributed by atoms with Crippen molar-refractivity contribution in [3.05, 3.63) is 61.9 Å². The molecular weight excluding hydrogens is 462 g/mol. The van der Waals surface area contributed by atoms with Crippen LogP contribution in [0.4, 0.5) is 0 Å². The fraction of sp³-hybridized carbons (Fsp3) is 0. The van der Waals surface area contributed by atoms with E-state index in [4.69, 9.17) is 17.0 Å². The second-order valence-electron chi connectivity index (χ2n) is 4.57. The molecule has 1 saturated heterocycles. The maximum absolute atomic E-state index is 11.8. The number of thiocarbonyl (C=S) groups is 1. The molecule has 3 rings (SSSR count). The molecule has 0 radical (unpaired) electrons. The minimum Gasteiger partial charge on any atom is -0.456 e. The van der Waals surface area contributed by atoms with Gasteiger partial charge in [-0.2, -0.15) is 0 Å². The van der Waals surface area contributed by atoms with Gasteiger partial charge in [0.15, 0.2) is 0 Å². The van der Waals surface area contributed by atoms with Crippen LogP contribution in [0.25, 0.3) is 6.08 Å². The third-order valence-corrected chi connectivity index (χ3v) is 5.27. The number of carbonyl (C=O) groups excluding carboxylic acids is 1. The number of amides is 1. The molecule has 2 aromatic carbocycles. The maximum Gasteiger partial charge on any atom is 0.263 e. The van der Waals surface area contributed by atoms with Crippen molar-refractivity contribution in [1.29, 1.82) is 0 Å². The van der Waals surface area contributed by atoms with Gasteiger partial charge in [-0.1, -0.05) is 52.0 Å². The van der Waals surface area contributed by atoms with Crippen molar-refractivity contribution in [2.45, 2.75) is 0 Å². The standard InChI is InChI=1S/C16H9Br2NO2S2/c17-10-5-6-12(21-13-4-2-1-3-11(13)18)9(7-10)8-14-15(20)19-16(22)23-14/h1-8H,(H,19,20,22). The highest BCUT2D eigenvalue weighted by Gasteiger charge is 2.22. The Morgan fingerprint density at radius 3 is 2.61 bits per heavy atom. The number of nitrogens with one attached hydrogen (secondary N) is 1. The van der Waals surface area contributed by atoms with Crippen molar-refractivity contribution >= 4 is 72.1 Å². The number of para-hydroxylation sites is 1. The van der Waals surface area contributed by atoms with Gasteiger partial charge in [0.2, 0.25) is 0 Å². The summed E-state index contributed by atoms with van der Waals surface area (Å²) >= 11 is 13.2. The molecule has 1 N–H and O–H groups in total. The van der Waals surface area contributed by atoms with Crippen LogP contribution in [0.1, 0.15) is 5.56 Å². The number of benzene rings is 2. The molecule has 0 aromatic heterocycles. The molecule has 0 unspecified atom stereocenters. The van der Waals surface area contributed by atoms with Gasteiger partial charge in [-0.25, -0.2) is 0 Å². The van der Waals surface area contributed by atoms with Gasteiger partial charge in [0.1, 0.15) is 15.8 Å². The van der Waals surface area contributed by atoms with E-state index in [-0.39, 0.29) is 5.91 Å². The molecule has 3 nitrogen and oxygen atoms in total. The van der Waals surface area contributed by atoms with Crippen molar-refractivity contribution in [2.24, 2.45) is 0 Å². The zero-order valence-electron chi connectivity index (χ0n) is 11.5. The molecular formula is C16H9Br2NO2S2. The molecule has 1 amide bonds. The Balaban J connectivity index is 1.99. The Labute approximate surface area is 159 Å². The van der Waals surface area contributed by atoms with Crippen LogP contribution in [-0.4, -0.2) is 10.2 Å². The average Bonchev–Trinajstić information content (AvgIpc) is 2.82. The third kappa shape index (κ3) is 4.03. The topological polar surface area (TPSA) is 38.3 Å². The van der Waals surface area contributed by atoms with E-state index in [1.807, 2.05) is 42.5 Å². The van der Waals surface area contributed by atoms with Crippen LogP contribution in [0.2, 0.25) is 0 Å². The van der Waals surface area contributed by atoms with Crippen LogP contribution in [0.5, 0.6) is 11.5 Å². The molecule has 2 aromatic rings. The van der Waals surface area contributed by atoms with E-state index in [0.29, 0.717) is 20.7 Å². The van der Waals surface area contributed by atoms with Crippen molar-refractivity contribution in [1.82, 2.24) is 5.32 Å². The zero-order chi connectivity index (χ0) is 16.4. The first-order valence-electron chi connectivity index (χ1n) is 6.50. The van der Waals surface area contributed by atoms with Gasteiger partial charge in [-0.05, 0) is 52.3 Å². The summed E-state index contributed by atoms with van der Waals surface area (Å²) in [7, 11) is 0. The maximum atomic E-state index is 11.8. The minimum absolute atomic E-state index is 0.188. The van der Waals surface area contributed by atoms with Crippen LogP contribution in [0.15, 0.2) is 56.3 Å². The Kier molecular flexibility index (Phi) is 5.21. The number of thioether (sulfide) groups is 1. The van der Waals surface area contributed by atoms with Crippen LogP contribution < -0.4 is 10.1 Å². The fourth-order valence-electron chi connectivity index (χ4n) is 1.93. The lowest BCUT2D eigenvalue weighted by Crippen LogP contribution is -2.17. The Morgan fingerprint density at radius 1 is 1.13 bits per heavy atom. The molecule has 0 saturated carbocycles. The highest BCUT2D eigenvalue weighted by atomic mass is 79.9. The summed E-state index contributed by atoms with van der Waals surface area (Å²) in [6.45, 7) is 0. The summed E-state index contributed by atoms with van der Waals surface area (Å²) in [6.07, 6.45) is 1.77. The van der Waals surface area contributed by atoms with Crippen LogP contribution in [0, 0.1) is 0 Å². The third-order valence-electron chi connectivity index (χ3n) is 2.96. The molecule has 1 fully saturated rings. The van der Waals surface area contributed by atoms with Crippen molar-refractivity contribution in [3.8, 4) is 11.5 Å². The monoisotopic (exact) mass is 469 g/mol.